The van der Waals surface area contributed by atoms with E-state index in [0.717, 1.165) is 14.6 Å². The SMILES string of the molecule is Cc1cnc(C(C)Nc2ccc3scnc3c2[N+](=O)[O-])s1. The number of aromatic nitrogens is 2. The van der Waals surface area contributed by atoms with Gasteiger partial charge in [0.05, 0.1) is 21.2 Å². The van der Waals surface area contributed by atoms with Crippen molar-refractivity contribution in [1.82, 2.24) is 9.97 Å². The van der Waals surface area contributed by atoms with E-state index >= 15 is 0 Å². The van der Waals surface area contributed by atoms with Gasteiger partial charge in [-0.2, -0.15) is 0 Å². The Bertz CT molecular complexity index is 811. The number of nitrogens with zero attached hydrogens (tertiary/aromatic N) is 3. The van der Waals surface area contributed by atoms with Crippen LogP contribution >= 0.6 is 22.7 Å². The maximum Gasteiger partial charge on any atom is 0.319 e. The minimum atomic E-state index is -0.385. The second kappa shape index (κ2) is 5.38. The van der Waals surface area contributed by atoms with Crippen molar-refractivity contribution >= 4 is 44.3 Å². The third kappa shape index (κ3) is 2.59. The van der Waals surface area contributed by atoms with Gasteiger partial charge in [-0.25, -0.2) is 9.97 Å². The Kier molecular flexibility index (Phi) is 3.56. The van der Waals surface area contributed by atoms with Crippen molar-refractivity contribution in [2.75, 3.05) is 5.32 Å². The summed E-state index contributed by atoms with van der Waals surface area (Å²) in [5, 5.41) is 15.5. The Morgan fingerprint density at radius 2 is 2.19 bits per heavy atom. The summed E-state index contributed by atoms with van der Waals surface area (Å²) in [6, 6.07) is 3.48. The number of fused-ring (bicyclic) bond motifs is 1. The molecule has 1 N–H and O–H groups in total. The molecule has 0 spiro atoms. The van der Waals surface area contributed by atoms with Crippen LogP contribution in [0.15, 0.2) is 23.8 Å². The van der Waals surface area contributed by atoms with E-state index in [2.05, 4.69) is 15.3 Å². The van der Waals surface area contributed by atoms with Crippen molar-refractivity contribution in [3.05, 3.63) is 43.8 Å². The molecule has 3 aromatic rings. The molecule has 0 fully saturated rings. The van der Waals surface area contributed by atoms with Crippen LogP contribution < -0.4 is 5.32 Å². The molecule has 0 radical (unpaired) electrons. The van der Waals surface area contributed by atoms with Gasteiger partial charge in [-0.3, -0.25) is 10.1 Å². The molecule has 21 heavy (non-hydrogen) atoms. The van der Waals surface area contributed by atoms with Gasteiger partial charge in [0.1, 0.15) is 10.7 Å². The van der Waals surface area contributed by atoms with Crippen molar-refractivity contribution in [1.29, 1.82) is 0 Å². The van der Waals surface area contributed by atoms with Crippen molar-refractivity contribution in [3.63, 3.8) is 0 Å². The van der Waals surface area contributed by atoms with Gasteiger partial charge in [0.2, 0.25) is 0 Å². The molecule has 1 atom stereocenters. The van der Waals surface area contributed by atoms with Crippen LogP contribution in [0.25, 0.3) is 10.2 Å². The summed E-state index contributed by atoms with van der Waals surface area (Å²) < 4.78 is 0.810. The predicted molar refractivity (Wildman–Crippen MR) is 85.2 cm³/mol. The highest BCUT2D eigenvalue weighted by Crippen LogP contribution is 2.36. The minimum absolute atomic E-state index is 0.0221. The Morgan fingerprint density at radius 1 is 1.38 bits per heavy atom. The summed E-state index contributed by atoms with van der Waals surface area (Å²) in [4.78, 5) is 20.5. The van der Waals surface area contributed by atoms with Crippen molar-refractivity contribution in [3.8, 4) is 0 Å². The molecule has 6 nitrogen and oxygen atoms in total. The van der Waals surface area contributed by atoms with E-state index in [0.29, 0.717) is 11.2 Å². The largest absolute Gasteiger partial charge is 0.370 e. The van der Waals surface area contributed by atoms with E-state index in [1.807, 2.05) is 19.9 Å². The summed E-state index contributed by atoms with van der Waals surface area (Å²) in [5.41, 5.74) is 2.54. The molecular formula is C13H12N4O2S2. The quantitative estimate of drug-likeness (QED) is 0.577. The Balaban J connectivity index is 2.00. The van der Waals surface area contributed by atoms with Crippen LogP contribution in [0.3, 0.4) is 0 Å². The minimum Gasteiger partial charge on any atom is -0.370 e. The first-order valence-electron chi connectivity index (χ1n) is 6.25. The lowest BCUT2D eigenvalue weighted by Crippen LogP contribution is -2.08. The summed E-state index contributed by atoms with van der Waals surface area (Å²) >= 11 is 2.97. The summed E-state index contributed by atoms with van der Waals surface area (Å²) in [6.45, 7) is 3.92. The maximum atomic E-state index is 11.4. The molecule has 0 saturated carbocycles. The molecular weight excluding hydrogens is 308 g/mol. The third-order valence-corrected chi connectivity index (χ3v) is 4.93. The summed E-state index contributed by atoms with van der Waals surface area (Å²) in [7, 11) is 0. The Hall–Kier alpha value is -2.06. The van der Waals surface area contributed by atoms with Gasteiger partial charge in [0.15, 0.2) is 5.52 Å². The summed E-state index contributed by atoms with van der Waals surface area (Å²) in [6.07, 6.45) is 1.80. The fraction of sp³-hybridized carbons (Fsp3) is 0.231. The lowest BCUT2D eigenvalue weighted by Gasteiger charge is -2.13. The highest BCUT2D eigenvalue weighted by molar-refractivity contribution is 7.16. The number of thiazole rings is 2. The van der Waals surface area contributed by atoms with E-state index in [1.54, 1.807) is 29.1 Å². The van der Waals surface area contributed by atoms with Crippen LogP contribution in [-0.2, 0) is 0 Å². The van der Waals surface area contributed by atoms with Crippen molar-refractivity contribution in [2.24, 2.45) is 0 Å². The first-order chi connectivity index (χ1) is 10.1. The van der Waals surface area contributed by atoms with Gasteiger partial charge in [0, 0.05) is 11.1 Å². The monoisotopic (exact) mass is 320 g/mol. The number of aryl methyl sites for hydroxylation is 1. The molecule has 0 aliphatic carbocycles. The standard InChI is InChI=1S/C13H12N4O2S2/c1-7-5-14-13(21-7)8(2)16-9-3-4-10-11(15-6-20-10)12(9)17(18)19/h3-6,8,16H,1-2H3. The van der Waals surface area contributed by atoms with E-state index in [-0.39, 0.29) is 16.7 Å². The maximum absolute atomic E-state index is 11.4. The number of anilines is 1. The van der Waals surface area contributed by atoms with Gasteiger partial charge in [-0.05, 0) is 26.0 Å². The highest BCUT2D eigenvalue weighted by Gasteiger charge is 2.22. The molecule has 0 saturated heterocycles. The molecule has 8 heteroatoms. The number of nitro benzene ring substituents is 1. The normalized spacial score (nSPS) is 12.5. The zero-order chi connectivity index (χ0) is 15.0. The molecule has 0 aliphatic heterocycles. The van der Waals surface area contributed by atoms with E-state index < -0.39 is 0 Å². The first kappa shape index (κ1) is 13.9. The third-order valence-electron chi connectivity index (χ3n) is 3.04. The van der Waals surface area contributed by atoms with Gasteiger partial charge < -0.3 is 5.32 Å². The second-order valence-electron chi connectivity index (χ2n) is 4.59. The van der Waals surface area contributed by atoms with Gasteiger partial charge in [-0.15, -0.1) is 22.7 Å². The molecule has 1 unspecified atom stereocenters. The molecule has 0 aliphatic rings. The smallest absolute Gasteiger partial charge is 0.319 e. The molecule has 2 heterocycles. The van der Waals surface area contributed by atoms with Crippen molar-refractivity contribution in [2.45, 2.75) is 19.9 Å². The predicted octanol–water partition coefficient (Wildman–Crippen LogP) is 4.14. The Morgan fingerprint density at radius 3 is 2.86 bits per heavy atom. The van der Waals surface area contributed by atoms with Crippen LogP contribution in [0.2, 0.25) is 0 Å². The second-order valence-corrected chi connectivity index (χ2v) is 6.75. The van der Waals surface area contributed by atoms with Crippen LogP contribution in [0.5, 0.6) is 0 Å². The van der Waals surface area contributed by atoms with Gasteiger partial charge >= 0.3 is 5.69 Å². The van der Waals surface area contributed by atoms with Crippen LogP contribution in [0.1, 0.15) is 22.9 Å². The molecule has 0 bridgehead atoms. The van der Waals surface area contributed by atoms with E-state index in [1.165, 1.54) is 11.3 Å². The lowest BCUT2D eigenvalue weighted by atomic mass is 10.2. The fourth-order valence-electron chi connectivity index (χ4n) is 2.09. The lowest BCUT2D eigenvalue weighted by molar-refractivity contribution is -0.382. The summed E-state index contributed by atoms with van der Waals surface area (Å²) in [5.74, 6) is 0. The highest BCUT2D eigenvalue weighted by atomic mass is 32.1. The van der Waals surface area contributed by atoms with Gasteiger partial charge in [0.25, 0.3) is 0 Å². The zero-order valence-corrected chi connectivity index (χ0v) is 13.0. The molecule has 3 rings (SSSR count). The van der Waals surface area contributed by atoms with Crippen LogP contribution in [0.4, 0.5) is 11.4 Å². The average molecular weight is 320 g/mol. The number of nitro groups is 1. The van der Waals surface area contributed by atoms with Crippen LogP contribution in [0, 0.1) is 17.0 Å². The Labute approximate surface area is 128 Å². The van der Waals surface area contributed by atoms with Gasteiger partial charge in [-0.1, -0.05) is 0 Å². The van der Waals surface area contributed by atoms with E-state index in [4.69, 9.17) is 0 Å². The molecule has 1 aromatic carbocycles. The van der Waals surface area contributed by atoms with Crippen molar-refractivity contribution < 1.29 is 4.92 Å². The number of nitrogens with one attached hydrogen (secondary N) is 1. The first-order valence-corrected chi connectivity index (χ1v) is 7.95. The molecule has 2 aromatic heterocycles. The van der Waals surface area contributed by atoms with Crippen LogP contribution in [-0.4, -0.2) is 14.9 Å². The number of hydrogen-bond acceptors (Lipinski definition) is 7. The number of hydrogen-bond donors (Lipinski definition) is 1. The van der Waals surface area contributed by atoms with E-state index in [9.17, 15) is 10.1 Å². The number of rotatable bonds is 4. The zero-order valence-electron chi connectivity index (χ0n) is 11.4. The average Bonchev–Trinajstić information content (AvgIpc) is 3.06. The molecule has 108 valence electrons. The fourth-order valence-corrected chi connectivity index (χ4v) is 3.54. The topological polar surface area (TPSA) is 81.0 Å². The molecule has 0 amide bonds. The number of benzene rings is 1.